The van der Waals surface area contributed by atoms with Gasteiger partial charge in [0.2, 0.25) is 0 Å². The van der Waals surface area contributed by atoms with E-state index in [9.17, 15) is 4.79 Å². The second kappa shape index (κ2) is 3.62. The Hall–Kier alpha value is -1.77. The number of fused-ring (bicyclic) bond motifs is 1. The Morgan fingerprint density at radius 1 is 1.47 bits per heavy atom. The van der Waals surface area contributed by atoms with Crippen molar-refractivity contribution in [3.05, 3.63) is 35.5 Å². The minimum absolute atomic E-state index is 0.112. The number of benzene rings is 1. The zero-order chi connectivity index (χ0) is 12.0. The Morgan fingerprint density at radius 3 is 2.88 bits per heavy atom. The standard InChI is InChI=1S/C14H15NO2/c1-9-3-2-4-12-14(9)10(7-13(16)17)8-15(12)11-5-6-11/h2-4,8,11H,5-7H2,1H3,(H,16,17). The maximum atomic E-state index is 10.9. The van der Waals surface area contributed by atoms with Gasteiger partial charge in [-0.05, 0) is 37.0 Å². The van der Waals surface area contributed by atoms with Gasteiger partial charge in [-0.15, -0.1) is 0 Å². The Bertz CT molecular complexity index is 594. The van der Waals surface area contributed by atoms with Gasteiger partial charge < -0.3 is 9.67 Å². The lowest BCUT2D eigenvalue weighted by molar-refractivity contribution is -0.136. The van der Waals surface area contributed by atoms with Gasteiger partial charge in [0.1, 0.15) is 0 Å². The van der Waals surface area contributed by atoms with Crippen molar-refractivity contribution >= 4 is 16.9 Å². The molecule has 1 aliphatic rings. The molecule has 17 heavy (non-hydrogen) atoms. The molecule has 0 atom stereocenters. The Morgan fingerprint density at radius 2 is 2.24 bits per heavy atom. The molecule has 1 aromatic heterocycles. The highest BCUT2D eigenvalue weighted by molar-refractivity contribution is 5.90. The summed E-state index contributed by atoms with van der Waals surface area (Å²) in [6.07, 6.45) is 4.57. The summed E-state index contributed by atoms with van der Waals surface area (Å²) in [5, 5.41) is 10.1. The largest absolute Gasteiger partial charge is 0.481 e. The number of rotatable bonds is 3. The quantitative estimate of drug-likeness (QED) is 0.879. The number of carbonyl (C=O) groups is 1. The highest BCUT2D eigenvalue weighted by Gasteiger charge is 2.26. The van der Waals surface area contributed by atoms with Gasteiger partial charge >= 0.3 is 5.97 Å². The second-order valence-corrected chi connectivity index (χ2v) is 4.83. The molecule has 0 spiro atoms. The van der Waals surface area contributed by atoms with E-state index in [0.717, 1.165) is 16.5 Å². The monoisotopic (exact) mass is 229 g/mol. The second-order valence-electron chi connectivity index (χ2n) is 4.83. The molecular weight excluding hydrogens is 214 g/mol. The minimum Gasteiger partial charge on any atom is -0.481 e. The molecule has 1 fully saturated rings. The van der Waals surface area contributed by atoms with Crippen LogP contribution in [0.25, 0.3) is 10.9 Å². The van der Waals surface area contributed by atoms with E-state index in [2.05, 4.69) is 10.6 Å². The van der Waals surface area contributed by atoms with Crippen molar-refractivity contribution in [2.75, 3.05) is 0 Å². The molecule has 0 amide bonds. The van der Waals surface area contributed by atoms with Crippen LogP contribution in [-0.4, -0.2) is 15.6 Å². The van der Waals surface area contributed by atoms with E-state index in [-0.39, 0.29) is 6.42 Å². The van der Waals surface area contributed by atoms with Gasteiger partial charge in [0.15, 0.2) is 0 Å². The van der Waals surface area contributed by atoms with Crippen LogP contribution in [-0.2, 0) is 11.2 Å². The lowest BCUT2D eigenvalue weighted by Gasteiger charge is -2.02. The van der Waals surface area contributed by atoms with E-state index in [1.165, 1.54) is 18.4 Å². The molecule has 1 heterocycles. The summed E-state index contributed by atoms with van der Waals surface area (Å²) in [4.78, 5) is 10.9. The molecule has 1 saturated carbocycles. The van der Waals surface area contributed by atoms with Crippen LogP contribution in [0, 0.1) is 6.92 Å². The maximum absolute atomic E-state index is 10.9. The van der Waals surface area contributed by atoms with Crippen LogP contribution in [0.3, 0.4) is 0 Å². The Labute approximate surface area is 99.7 Å². The van der Waals surface area contributed by atoms with Crippen LogP contribution in [0.4, 0.5) is 0 Å². The molecule has 0 bridgehead atoms. The van der Waals surface area contributed by atoms with Crippen LogP contribution in [0.15, 0.2) is 24.4 Å². The van der Waals surface area contributed by atoms with Crippen LogP contribution in [0.5, 0.6) is 0 Å². The van der Waals surface area contributed by atoms with Gasteiger partial charge in [-0.3, -0.25) is 4.79 Å². The predicted molar refractivity (Wildman–Crippen MR) is 66.3 cm³/mol. The number of aliphatic carboxylic acids is 1. The first-order chi connectivity index (χ1) is 8.16. The molecule has 2 aromatic rings. The topological polar surface area (TPSA) is 42.2 Å². The van der Waals surface area contributed by atoms with Crippen LogP contribution in [0.2, 0.25) is 0 Å². The lowest BCUT2D eigenvalue weighted by Crippen LogP contribution is -1.99. The fourth-order valence-electron chi connectivity index (χ4n) is 2.54. The van der Waals surface area contributed by atoms with Crippen molar-refractivity contribution < 1.29 is 9.90 Å². The Balaban J connectivity index is 2.23. The average molecular weight is 229 g/mol. The fraction of sp³-hybridized carbons (Fsp3) is 0.357. The van der Waals surface area contributed by atoms with E-state index in [0.29, 0.717) is 6.04 Å². The SMILES string of the molecule is Cc1cccc2c1c(CC(=O)O)cn2C1CC1. The zero-order valence-corrected chi connectivity index (χ0v) is 9.81. The highest BCUT2D eigenvalue weighted by Crippen LogP contribution is 2.39. The number of hydrogen-bond acceptors (Lipinski definition) is 1. The van der Waals surface area contributed by atoms with E-state index < -0.39 is 5.97 Å². The first-order valence-electron chi connectivity index (χ1n) is 5.97. The summed E-state index contributed by atoms with van der Waals surface area (Å²) >= 11 is 0. The molecular formula is C14H15NO2. The normalized spacial score (nSPS) is 15.4. The molecule has 1 aliphatic carbocycles. The van der Waals surface area contributed by atoms with Crippen molar-refractivity contribution in [1.82, 2.24) is 4.57 Å². The molecule has 0 radical (unpaired) electrons. The fourth-order valence-corrected chi connectivity index (χ4v) is 2.54. The molecule has 0 saturated heterocycles. The maximum Gasteiger partial charge on any atom is 0.307 e. The number of carboxylic acids is 1. The van der Waals surface area contributed by atoms with Crippen molar-refractivity contribution in [3.8, 4) is 0 Å². The molecule has 0 unspecified atom stereocenters. The zero-order valence-electron chi connectivity index (χ0n) is 9.81. The number of aryl methyl sites for hydroxylation is 1. The Kier molecular flexibility index (Phi) is 2.21. The third-order valence-corrected chi connectivity index (χ3v) is 3.43. The van der Waals surface area contributed by atoms with E-state index in [4.69, 9.17) is 5.11 Å². The van der Waals surface area contributed by atoms with Crippen LogP contribution >= 0.6 is 0 Å². The van der Waals surface area contributed by atoms with Crippen LogP contribution < -0.4 is 0 Å². The minimum atomic E-state index is -0.761. The van der Waals surface area contributed by atoms with E-state index >= 15 is 0 Å². The van der Waals surface area contributed by atoms with E-state index in [1.807, 2.05) is 25.3 Å². The van der Waals surface area contributed by atoms with E-state index in [1.54, 1.807) is 0 Å². The van der Waals surface area contributed by atoms with Gasteiger partial charge in [0, 0.05) is 23.1 Å². The number of nitrogens with zero attached hydrogens (tertiary/aromatic N) is 1. The molecule has 3 heteroatoms. The molecule has 3 rings (SSSR count). The summed E-state index contributed by atoms with van der Waals surface area (Å²) in [7, 11) is 0. The van der Waals surface area contributed by atoms with Gasteiger partial charge in [0.05, 0.1) is 6.42 Å². The summed E-state index contributed by atoms with van der Waals surface area (Å²) in [5.41, 5.74) is 3.29. The average Bonchev–Trinajstić information content (AvgIpc) is 3.03. The molecule has 88 valence electrons. The van der Waals surface area contributed by atoms with Crippen molar-refractivity contribution in [3.63, 3.8) is 0 Å². The van der Waals surface area contributed by atoms with Crippen molar-refractivity contribution in [1.29, 1.82) is 0 Å². The molecule has 3 nitrogen and oxygen atoms in total. The number of hydrogen-bond donors (Lipinski definition) is 1. The third-order valence-electron chi connectivity index (χ3n) is 3.43. The smallest absolute Gasteiger partial charge is 0.307 e. The predicted octanol–water partition coefficient (Wildman–Crippen LogP) is 2.91. The highest BCUT2D eigenvalue weighted by atomic mass is 16.4. The first kappa shape index (κ1) is 10.4. The van der Waals surface area contributed by atoms with Crippen molar-refractivity contribution in [2.45, 2.75) is 32.2 Å². The van der Waals surface area contributed by atoms with Gasteiger partial charge in [-0.2, -0.15) is 0 Å². The summed E-state index contributed by atoms with van der Waals surface area (Å²) in [6, 6.07) is 6.76. The summed E-state index contributed by atoms with van der Waals surface area (Å²) in [5.74, 6) is -0.761. The number of carboxylic acid groups (broad SMARTS) is 1. The third kappa shape index (κ3) is 1.71. The van der Waals surface area contributed by atoms with Crippen LogP contribution in [0.1, 0.15) is 30.0 Å². The molecule has 1 aromatic carbocycles. The van der Waals surface area contributed by atoms with Gasteiger partial charge in [0.25, 0.3) is 0 Å². The molecule has 1 N–H and O–H groups in total. The summed E-state index contributed by atoms with van der Waals surface area (Å²) in [6.45, 7) is 2.05. The summed E-state index contributed by atoms with van der Waals surface area (Å²) < 4.78 is 2.25. The van der Waals surface area contributed by atoms with Gasteiger partial charge in [-0.25, -0.2) is 0 Å². The first-order valence-corrected chi connectivity index (χ1v) is 5.97. The number of aromatic nitrogens is 1. The lowest BCUT2D eigenvalue weighted by atomic mass is 10.1. The van der Waals surface area contributed by atoms with Gasteiger partial charge in [-0.1, -0.05) is 12.1 Å². The van der Waals surface area contributed by atoms with Crippen molar-refractivity contribution in [2.24, 2.45) is 0 Å². The molecule has 0 aliphatic heterocycles.